The Morgan fingerprint density at radius 1 is 1.61 bits per heavy atom. The molecule has 3 N–H and O–H groups in total. The number of nitrogens with zero attached hydrogens (tertiary/aromatic N) is 2. The van der Waals surface area contributed by atoms with E-state index in [1.807, 2.05) is 0 Å². The van der Waals surface area contributed by atoms with E-state index in [0.29, 0.717) is 23.1 Å². The molecule has 1 aliphatic carbocycles. The van der Waals surface area contributed by atoms with Crippen LogP contribution in [-0.2, 0) is 6.54 Å². The van der Waals surface area contributed by atoms with E-state index >= 15 is 0 Å². The van der Waals surface area contributed by atoms with Gasteiger partial charge in [-0.3, -0.25) is 4.79 Å². The molecule has 0 saturated heterocycles. The van der Waals surface area contributed by atoms with Gasteiger partial charge in [-0.05, 0) is 35.2 Å². The van der Waals surface area contributed by atoms with E-state index in [4.69, 9.17) is 5.73 Å². The summed E-state index contributed by atoms with van der Waals surface area (Å²) >= 11 is 3.35. The molecule has 1 fully saturated rings. The molecule has 6 heteroatoms. The van der Waals surface area contributed by atoms with Gasteiger partial charge in [0.15, 0.2) is 0 Å². The van der Waals surface area contributed by atoms with Crippen molar-refractivity contribution in [2.24, 2.45) is 5.73 Å². The molecule has 0 unspecified atom stereocenters. The monoisotopic (exact) mass is 314 g/mol. The lowest BCUT2D eigenvalue weighted by atomic mass is 9.87. The molecule has 1 aromatic heterocycles. The third kappa shape index (κ3) is 2.92. The fraction of sp³-hybridized carbons (Fsp3) is 0.667. The smallest absolute Gasteiger partial charge is 0.283 e. The van der Waals surface area contributed by atoms with E-state index in [9.17, 15) is 4.79 Å². The highest BCUT2D eigenvalue weighted by Gasteiger charge is 2.26. The van der Waals surface area contributed by atoms with Crippen molar-refractivity contribution in [1.29, 1.82) is 0 Å². The molecule has 1 saturated carbocycles. The number of nitrogens with two attached hydrogens (primary N) is 1. The number of aryl methyl sites for hydroxylation is 1. The quantitative estimate of drug-likeness (QED) is 0.867. The first-order chi connectivity index (χ1) is 8.61. The standard InChI is InChI=1S/C12H19BrN4O/c1-2-3-4-17-12(18)11(13)10(7-15-17)16-9-5-8(14)6-9/h7-9,16H,2-6,14H2,1H3. The third-order valence-electron chi connectivity index (χ3n) is 3.24. The summed E-state index contributed by atoms with van der Waals surface area (Å²) in [5.41, 5.74) is 6.43. The van der Waals surface area contributed by atoms with Gasteiger partial charge in [0.25, 0.3) is 5.56 Å². The average molecular weight is 315 g/mol. The van der Waals surface area contributed by atoms with E-state index in [-0.39, 0.29) is 5.56 Å². The minimum absolute atomic E-state index is 0.0722. The number of anilines is 1. The number of rotatable bonds is 5. The average Bonchev–Trinajstić information content (AvgIpc) is 2.32. The summed E-state index contributed by atoms with van der Waals surface area (Å²) in [5, 5.41) is 7.49. The molecule has 100 valence electrons. The van der Waals surface area contributed by atoms with Crippen molar-refractivity contribution in [3.8, 4) is 0 Å². The highest BCUT2D eigenvalue weighted by Crippen LogP contribution is 2.25. The second kappa shape index (κ2) is 5.84. The van der Waals surface area contributed by atoms with Gasteiger partial charge in [0.2, 0.25) is 0 Å². The lowest BCUT2D eigenvalue weighted by Gasteiger charge is -2.33. The molecule has 5 nitrogen and oxygen atoms in total. The zero-order chi connectivity index (χ0) is 13.1. The third-order valence-corrected chi connectivity index (χ3v) is 4.01. The summed E-state index contributed by atoms with van der Waals surface area (Å²) in [4.78, 5) is 12.0. The first kappa shape index (κ1) is 13.5. The van der Waals surface area contributed by atoms with Crippen LogP contribution < -0.4 is 16.6 Å². The van der Waals surface area contributed by atoms with Crippen LogP contribution in [-0.4, -0.2) is 21.9 Å². The summed E-state index contributed by atoms with van der Waals surface area (Å²) in [5.74, 6) is 0. The molecule has 1 aliphatic rings. The molecule has 0 bridgehead atoms. The van der Waals surface area contributed by atoms with Crippen LogP contribution in [0.15, 0.2) is 15.5 Å². The van der Waals surface area contributed by atoms with Gasteiger partial charge >= 0.3 is 0 Å². The number of nitrogens with one attached hydrogen (secondary N) is 1. The van der Waals surface area contributed by atoms with Gasteiger partial charge in [0.1, 0.15) is 4.47 Å². The summed E-state index contributed by atoms with van der Waals surface area (Å²) in [7, 11) is 0. The molecule has 18 heavy (non-hydrogen) atoms. The minimum Gasteiger partial charge on any atom is -0.380 e. The normalized spacial score (nSPS) is 22.6. The van der Waals surface area contributed by atoms with Crippen LogP contribution in [0.5, 0.6) is 0 Å². The van der Waals surface area contributed by atoms with Crippen LogP contribution >= 0.6 is 15.9 Å². The van der Waals surface area contributed by atoms with E-state index in [1.54, 1.807) is 6.20 Å². The second-order valence-corrected chi connectivity index (χ2v) is 5.62. The van der Waals surface area contributed by atoms with Gasteiger partial charge in [-0.2, -0.15) is 5.10 Å². The number of hydrogen-bond acceptors (Lipinski definition) is 4. The van der Waals surface area contributed by atoms with Gasteiger partial charge < -0.3 is 11.1 Å². The SMILES string of the molecule is CCCCn1ncc(NC2CC(N)C2)c(Br)c1=O. The molecule has 0 radical (unpaired) electrons. The lowest BCUT2D eigenvalue weighted by Crippen LogP contribution is -2.44. The topological polar surface area (TPSA) is 72.9 Å². The Morgan fingerprint density at radius 3 is 2.94 bits per heavy atom. The van der Waals surface area contributed by atoms with Crippen LogP contribution in [0.2, 0.25) is 0 Å². The number of hydrogen-bond donors (Lipinski definition) is 2. The minimum atomic E-state index is -0.0722. The lowest BCUT2D eigenvalue weighted by molar-refractivity contribution is 0.373. The molecule has 0 spiro atoms. The Balaban J connectivity index is 2.08. The molecule has 1 heterocycles. The van der Waals surface area contributed by atoms with Crippen molar-refractivity contribution < 1.29 is 0 Å². The van der Waals surface area contributed by atoms with Crippen LogP contribution in [0.4, 0.5) is 5.69 Å². The van der Waals surface area contributed by atoms with Crippen molar-refractivity contribution in [3.63, 3.8) is 0 Å². The van der Waals surface area contributed by atoms with Crippen molar-refractivity contribution >= 4 is 21.6 Å². The molecular weight excluding hydrogens is 296 g/mol. The van der Waals surface area contributed by atoms with Crippen LogP contribution in [0.1, 0.15) is 32.6 Å². The Hall–Kier alpha value is -0.880. The number of halogens is 1. The second-order valence-electron chi connectivity index (χ2n) is 4.83. The van der Waals surface area contributed by atoms with Crippen LogP contribution in [0, 0.1) is 0 Å². The highest BCUT2D eigenvalue weighted by molar-refractivity contribution is 9.10. The van der Waals surface area contributed by atoms with Gasteiger partial charge in [-0.15, -0.1) is 0 Å². The molecule has 0 aliphatic heterocycles. The predicted molar refractivity (Wildman–Crippen MR) is 75.7 cm³/mol. The summed E-state index contributed by atoms with van der Waals surface area (Å²) in [6, 6.07) is 0.656. The Bertz CT molecular complexity index is 468. The molecule has 1 aromatic rings. The van der Waals surface area contributed by atoms with Crippen molar-refractivity contribution in [2.75, 3.05) is 5.32 Å². The largest absolute Gasteiger partial charge is 0.380 e. The van der Waals surface area contributed by atoms with Gasteiger partial charge in [0.05, 0.1) is 11.9 Å². The van der Waals surface area contributed by atoms with Gasteiger partial charge in [0, 0.05) is 18.6 Å². The van der Waals surface area contributed by atoms with Crippen LogP contribution in [0.3, 0.4) is 0 Å². The maximum Gasteiger partial charge on any atom is 0.283 e. The van der Waals surface area contributed by atoms with E-state index in [1.165, 1.54) is 4.68 Å². The zero-order valence-corrected chi connectivity index (χ0v) is 12.1. The maximum atomic E-state index is 12.0. The highest BCUT2D eigenvalue weighted by atomic mass is 79.9. The van der Waals surface area contributed by atoms with Crippen molar-refractivity contribution in [1.82, 2.24) is 9.78 Å². The zero-order valence-electron chi connectivity index (χ0n) is 10.5. The van der Waals surface area contributed by atoms with Crippen molar-refractivity contribution in [3.05, 3.63) is 21.0 Å². The number of aromatic nitrogens is 2. The molecule has 2 rings (SSSR count). The van der Waals surface area contributed by atoms with E-state index < -0.39 is 0 Å². The molecule has 0 aromatic carbocycles. The van der Waals surface area contributed by atoms with Gasteiger partial charge in [-0.1, -0.05) is 13.3 Å². The summed E-state index contributed by atoms with van der Waals surface area (Å²) < 4.78 is 2.07. The summed E-state index contributed by atoms with van der Waals surface area (Å²) in [6.07, 6.45) is 5.62. The molecule has 0 atom stereocenters. The fourth-order valence-electron chi connectivity index (χ4n) is 2.03. The Morgan fingerprint density at radius 2 is 2.33 bits per heavy atom. The number of unbranched alkanes of at least 4 members (excludes halogenated alkanes) is 1. The Labute approximate surface area is 115 Å². The van der Waals surface area contributed by atoms with E-state index in [2.05, 4.69) is 33.3 Å². The molecule has 0 amide bonds. The predicted octanol–water partition coefficient (Wildman–Crippen LogP) is 1.71. The fourth-order valence-corrected chi connectivity index (χ4v) is 2.45. The summed E-state index contributed by atoms with van der Waals surface area (Å²) in [6.45, 7) is 2.76. The van der Waals surface area contributed by atoms with Crippen molar-refractivity contribution in [2.45, 2.75) is 51.2 Å². The maximum absolute atomic E-state index is 12.0. The first-order valence-electron chi connectivity index (χ1n) is 6.39. The van der Waals surface area contributed by atoms with Gasteiger partial charge in [-0.25, -0.2) is 4.68 Å². The Kier molecular flexibility index (Phi) is 4.40. The first-order valence-corrected chi connectivity index (χ1v) is 7.18. The van der Waals surface area contributed by atoms with E-state index in [0.717, 1.165) is 31.4 Å². The van der Waals surface area contributed by atoms with Crippen LogP contribution in [0.25, 0.3) is 0 Å². The molecular formula is C12H19BrN4O.